The van der Waals surface area contributed by atoms with Gasteiger partial charge >= 0.3 is 0 Å². The van der Waals surface area contributed by atoms with E-state index in [0.29, 0.717) is 18.4 Å². The van der Waals surface area contributed by atoms with Gasteiger partial charge in [0.25, 0.3) is 0 Å². The summed E-state index contributed by atoms with van der Waals surface area (Å²) in [5.74, 6) is 1.37. The number of nitrogens with zero attached hydrogens (tertiary/aromatic N) is 4. The maximum atomic E-state index is 12.4. The predicted octanol–water partition coefficient (Wildman–Crippen LogP) is 1.72. The van der Waals surface area contributed by atoms with Crippen LogP contribution in [0.3, 0.4) is 0 Å². The number of hydrogen-bond acceptors (Lipinski definition) is 6. The average Bonchev–Trinajstić information content (AvgIpc) is 2.66. The maximum Gasteiger partial charge on any atom is 0.228 e. The highest BCUT2D eigenvalue weighted by Gasteiger charge is 2.26. The molecule has 7 nitrogen and oxygen atoms in total. The van der Waals surface area contributed by atoms with Crippen LogP contribution in [0.4, 0.5) is 5.95 Å². The van der Waals surface area contributed by atoms with Crippen molar-refractivity contribution >= 4 is 11.9 Å². The lowest BCUT2D eigenvalue weighted by atomic mass is 9.96. The SMILES string of the molecule is COc1cc(C)nc(N2CCC(C(=O)NCc3cccnc3)CC2)n1. The van der Waals surface area contributed by atoms with Gasteiger partial charge in [-0.2, -0.15) is 4.98 Å². The number of aryl methyl sites for hydroxylation is 1. The third-order valence-electron chi connectivity index (χ3n) is 4.37. The van der Waals surface area contributed by atoms with Crippen LogP contribution < -0.4 is 15.0 Å². The van der Waals surface area contributed by atoms with E-state index in [1.54, 1.807) is 19.5 Å². The lowest BCUT2D eigenvalue weighted by Crippen LogP contribution is -2.41. The Labute approximate surface area is 147 Å². The van der Waals surface area contributed by atoms with Gasteiger partial charge in [0.2, 0.25) is 17.7 Å². The quantitative estimate of drug-likeness (QED) is 0.892. The number of amides is 1. The number of anilines is 1. The van der Waals surface area contributed by atoms with Crippen LogP contribution in [0, 0.1) is 12.8 Å². The van der Waals surface area contributed by atoms with Crippen molar-refractivity contribution in [2.45, 2.75) is 26.3 Å². The van der Waals surface area contributed by atoms with E-state index in [1.807, 2.05) is 25.1 Å². The standard InChI is InChI=1S/C18H23N5O2/c1-13-10-16(25-2)22-18(21-13)23-8-5-15(6-9-23)17(24)20-12-14-4-3-7-19-11-14/h3-4,7,10-11,15H,5-6,8-9,12H2,1-2H3,(H,20,24). The monoisotopic (exact) mass is 341 g/mol. The molecule has 2 aromatic rings. The highest BCUT2D eigenvalue weighted by Crippen LogP contribution is 2.23. The van der Waals surface area contributed by atoms with Gasteiger partial charge in [-0.15, -0.1) is 0 Å². The first-order chi connectivity index (χ1) is 12.2. The second-order valence-electron chi connectivity index (χ2n) is 6.19. The van der Waals surface area contributed by atoms with Crippen molar-refractivity contribution < 1.29 is 9.53 Å². The molecule has 1 N–H and O–H groups in total. The number of rotatable bonds is 5. The lowest BCUT2D eigenvalue weighted by molar-refractivity contribution is -0.125. The number of ether oxygens (including phenoxy) is 1. The van der Waals surface area contributed by atoms with Crippen molar-refractivity contribution in [2.75, 3.05) is 25.1 Å². The van der Waals surface area contributed by atoms with E-state index < -0.39 is 0 Å². The molecule has 0 spiro atoms. The Balaban J connectivity index is 1.53. The van der Waals surface area contributed by atoms with E-state index >= 15 is 0 Å². The summed E-state index contributed by atoms with van der Waals surface area (Å²) < 4.78 is 5.21. The van der Waals surface area contributed by atoms with Crippen LogP contribution in [0.1, 0.15) is 24.1 Å². The summed E-state index contributed by atoms with van der Waals surface area (Å²) in [6, 6.07) is 5.64. The summed E-state index contributed by atoms with van der Waals surface area (Å²) in [6.07, 6.45) is 5.08. The summed E-state index contributed by atoms with van der Waals surface area (Å²) in [6.45, 7) is 3.96. The topological polar surface area (TPSA) is 80.2 Å². The van der Waals surface area contributed by atoms with Gasteiger partial charge in [-0.25, -0.2) is 4.98 Å². The molecule has 0 atom stereocenters. The van der Waals surface area contributed by atoms with Crippen LogP contribution in [0.2, 0.25) is 0 Å². The average molecular weight is 341 g/mol. The van der Waals surface area contributed by atoms with Crippen LogP contribution in [0.5, 0.6) is 5.88 Å². The van der Waals surface area contributed by atoms with Gasteiger partial charge in [-0.1, -0.05) is 6.07 Å². The van der Waals surface area contributed by atoms with E-state index in [9.17, 15) is 4.79 Å². The molecule has 25 heavy (non-hydrogen) atoms. The Bertz CT molecular complexity index is 715. The molecular formula is C18H23N5O2. The van der Waals surface area contributed by atoms with E-state index in [1.165, 1.54) is 0 Å². The Morgan fingerprint density at radius 3 is 2.84 bits per heavy atom. The number of carbonyl (C=O) groups is 1. The summed E-state index contributed by atoms with van der Waals surface area (Å²) in [5, 5.41) is 3.00. The first kappa shape index (κ1) is 17.1. The molecule has 0 saturated carbocycles. The van der Waals surface area contributed by atoms with E-state index in [-0.39, 0.29) is 11.8 Å². The van der Waals surface area contributed by atoms with Gasteiger partial charge < -0.3 is 15.0 Å². The molecule has 3 heterocycles. The van der Waals surface area contributed by atoms with Crippen molar-refractivity contribution in [3.63, 3.8) is 0 Å². The largest absolute Gasteiger partial charge is 0.481 e. The summed E-state index contributed by atoms with van der Waals surface area (Å²) in [4.78, 5) is 27.4. The minimum absolute atomic E-state index is 0.0274. The molecule has 2 aromatic heterocycles. The second kappa shape index (κ2) is 7.92. The van der Waals surface area contributed by atoms with Crippen LogP contribution in [-0.4, -0.2) is 41.1 Å². The fourth-order valence-corrected chi connectivity index (χ4v) is 2.95. The molecule has 1 saturated heterocycles. The van der Waals surface area contributed by atoms with Gasteiger partial charge in [0.15, 0.2) is 0 Å². The summed E-state index contributed by atoms with van der Waals surface area (Å²) in [7, 11) is 1.60. The smallest absolute Gasteiger partial charge is 0.228 e. The third-order valence-corrected chi connectivity index (χ3v) is 4.37. The van der Waals surface area contributed by atoms with Crippen molar-refractivity contribution in [3.05, 3.63) is 41.9 Å². The molecule has 0 unspecified atom stereocenters. The lowest BCUT2D eigenvalue weighted by Gasteiger charge is -2.31. The van der Waals surface area contributed by atoms with Gasteiger partial charge in [0.05, 0.1) is 7.11 Å². The number of carbonyl (C=O) groups excluding carboxylic acids is 1. The minimum Gasteiger partial charge on any atom is -0.481 e. The Morgan fingerprint density at radius 1 is 1.36 bits per heavy atom. The van der Waals surface area contributed by atoms with Gasteiger partial charge in [0.1, 0.15) is 0 Å². The van der Waals surface area contributed by atoms with Crippen LogP contribution >= 0.6 is 0 Å². The number of nitrogens with one attached hydrogen (secondary N) is 1. The highest BCUT2D eigenvalue weighted by molar-refractivity contribution is 5.78. The first-order valence-electron chi connectivity index (χ1n) is 8.47. The molecule has 1 aliphatic rings. The number of methoxy groups -OCH3 is 1. The van der Waals surface area contributed by atoms with Crippen molar-refractivity contribution in [3.8, 4) is 5.88 Å². The maximum absolute atomic E-state index is 12.4. The fourth-order valence-electron chi connectivity index (χ4n) is 2.95. The number of aromatic nitrogens is 3. The molecule has 132 valence electrons. The highest BCUT2D eigenvalue weighted by atomic mass is 16.5. The predicted molar refractivity (Wildman–Crippen MR) is 94.3 cm³/mol. The van der Waals surface area contributed by atoms with Crippen molar-refractivity contribution in [1.29, 1.82) is 0 Å². The van der Waals surface area contributed by atoms with Gasteiger partial charge in [-0.3, -0.25) is 9.78 Å². The molecule has 0 radical (unpaired) electrons. The first-order valence-corrected chi connectivity index (χ1v) is 8.47. The van der Waals surface area contributed by atoms with Gasteiger partial charge in [0, 0.05) is 49.7 Å². The fraction of sp³-hybridized carbons (Fsp3) is 0.444. The zero-order valence-corrected chi connectivity index (χ0v) is 14.6. The number of hydrogen-bond donors (Lipinski definition) is 1. The van der Waals surface area contributed by atoms with Crippen molar-refractivity contribution in [2.24, 2.45) is 5.92 Å². The third kappa shape index (κ3) is 4.43. The Morgan fingerprint density at radius 2 is 2.16 bits per heavy atom. The zero-order chi connectivity index (χ0) is 17.6. The number of pyridine rings is 1. The van der Waals surface area contributed by atoms with E-state index in [4.69, 9.17) is 4.74 Å². The van der Waals surface area contributed by atoms with E-state index in [2.05, 4.69) is 25.2 Å². The van der Waals surface area contributed by atoms with Crippen LogP contribution in [-0.2, 0) is 11.3 Å². The molecular weight excluding hydrogens is 318 g/mol. The Kier molecular flexibility index (Phi) is 5.42. The Hall–Kier alpha value is -2.70. The van der Waals surface area contributed by atoms with Gasteiger partial charge in [-0.05, 0) is 31.4 Å². The van der Waals surface area contributed by atoms with Crippen LogP contribution in [0.25, 0.3) is 0 Å². The molecule has 1 fully saturated rings. The molecule has 1 aliphatic heterocycles. The summed E-state index contributed by atoms with van der Waals surface area (Å²) >= 11 is 0. The van der Waals surface area contributed by atoms with Crippen LogP contribution in [0.15, 0.2) is 30.6 Å². The molecule has 3 rings (SSSR count). The zero-order valence-electron chi connectivity index (χ0n) is 14.6. The minimum atomic E-state index is 0.0274. The van der Waals surface area contributed by atoms with E-state index in [0.717, 1.165) is 37.2 Å². The molecule has 0 aromatic carbocycles. The normalized spacial score (nSPS) is 15.0. The molecule has 0 aliphatic carbocycles. The molecule has 7 heteroatoms. The van der Waals surface area contributed by atoms with Crippen molar-refractivity contribution in [1.82, 2.24) is 20.3 Å². The molecule has 0 bridgehead atoms. The second-order valence-corrected chi connectivity index (χ2v) is 6.19. The number of piperidine rings is 1. The summed E-state index contributed by atoms with van der Waals surface area (Å²) in [5.41, 5.74) is 1.88. The molecule has 1 amide bonds.